The quantitative estimate of drug-likeness (QED) is 0.477. The van der Waals surface area contributed by atoms with Crippen LogP contribution < -0.4 is 0 Å². The predicted octanol–water partition coefficient (Wildman–Crippen LogP) is 2.74. The van der Waals surface area contributed by atoms with Crippen LogP contribution in [0.15, 0.2) is 29.0 Å². The number of pyridine rings is 2. The molecular formula is C12H7BrFN3O4. The van der Waals surface area contributed by atoms with Crippen molar-refractivity contribution in [2.45, 2.75) is 0 Å². The second-order valence-corrected chi connectivity index (χ2v) is 4.74. The van der Waals surface area contributed by atoms with Crippen molar-refractivity contribution in [1.29, 1.82) is 0 Å². The molecule has 0 amide bonds. The molecule has 0 radical (unpaired) electrons. The van der Waals surface area contributed by atoms with E-state index in [0.29, 0.717) is 4.47 Å². The highest BCUT2D eigenvalue weighted by Crippen LogP contribution is 2.30. The highest BCUT2D eigenvalue weighted by atomic mass is 79.9. The summed E-state index contributed by atoms with van der Waals surface area (Å²) in [4.78, 5) is 29.1. The minimum atomic E-state index is -0.946. The molecule has 0 saturated carbocycles. The fourth-order valence-electron chi connectivity index (χ4n) is 1.60. The van der Waals surface area contributed by atoms with Gasteiger partial charge >= 0.3 is 5.97 Å². The van der Waals surface area contributed by atoms with E-state index in [2.05, 4.69) is 30.6 Å². The van der Waals surface area contributed by atoms with E-state index in [9.17, 15) is 19.3 Å². The summed E-state index contributed by atoms with van der Waals surface area (Å²) in [6, 6.07) is 2.19. The Kier molecular flexibility index (Phi) is 4.22. The number of esters is 1. The lowest BCUT2D eigenvalue weighted by molar-refractivity contribution is -0.384. The maximum Gasteiger partial charge on any atom is 0.359 e. The van der Waals surface area contributed by atoms with Gasteiger partial charge in [-0.25, -0.2) is 19.2 Å². The molecule has 2 rings (SSSR count). The molecule has 0 N–H and O–H groups in total. The number of methoxy groups -OCH3 is 1. The van der Waals surface area contributed by atoms with E-state index < -0.39 is 22.4 Å². The van der Waals surface area contributed by atoms with Crippen LogP contribution in [0.3, 0.4) is 0 Å². The Labute approximate surface area is 126 Å². The largest absolute Gasteiger partial charge is 0.464 e. The summed E-state index contributed by atoms with van der Waals surface area (Å²) in [5.41, 5.74) is -0.775. The third-order valence-electron chi connectivity index (χ3n) is 2.52. The zero-order chi connectivity index (χ0) is 15.6. The normalized spacial score (nSPS) is 10.2. The van der Waals surface area contributed by atoms with Gasteiger partial charge in [-0.3, -0.25) is 10.1 Å². The number of carbonyl (C=O) groups is 1. The molecule has 2 aromatic heterocycles. The van der Waals surface area contributed by atoms with Crippen LogP contribution in [0.25, 0.3) is 11.3 Å². The van der Waals surface area contributed by atoms with Crippen LogP contribution in [-0.4, -0.2) is 28.0 Å². The van der Waals surface area contributed by atoms with E-state index in [1.54, 1.807) is 0 Å². The molecule has 0 spiro atoms. The number of nitro groups is 1. The van der Waals surface area contributed by atoms with Crippen molar-refractivity contribution in [3.8, 4) is 11.3 Å². The number of aromatic nitrogens is 2. The zero-order valence-electron chi connectivity index (χ0n) is 10.5. The lowest BCUT2D eigenvalue weighted by atomic mass is 10.1. The highest BCUT2D eigenvalue weighted by molar-refractivity contribution is 9.10. The second kappa shape index (κ2) is 5.92. The second-order valence-electron chi connectivity index (χ2n) is 3.82. The number of carbonyl (C=O) groups excluding carboxylic acids is 1. The summed E-state index contributed by atoms with van der Waals surface area (Å²) >= 11 is 3.07. The smallest absolute Gasteiger partial charge is 0.359 e. The van der Waals surface area contributed by atoms with Crippen LogP contribution in [0.5, 0.6) is 0 Å². The zero-order valence-corrected chi connectivity index (χ0v) is 12.1. The molecule has 0 fully saturated rings. The summed E-state index contributed by atoms with van der Waals surface area (Å²) in [5, 5.41) is 11.0. The van der Waals surface area contributed by atoms with Crippen molar-refractivity contribution in [1.82, 2.24) is 9.97 Å². The molecule has 0 aliphatic rings. The van der Waals surface area contributed by atoms with Crippen molar-refractivity contribution in [3.05, 3.63) is 50.6 Å². The van der Waals surface area contributed by atoms with Crippen molar-refractivity contribution in [3.63, 3.8) is 0 Å². The number of ether oxygens (including phenoxy) is 1. The Balaban J connectivity index is 2.56. The fourth-order valence-corrected chi connectivity index (χ4v) is 1.92. The van der Waals surface area contributed by atoms with Gasteiger partial charge in [-0.15, -0.1) is 0 Å². The fraction of sp³-hybridized carbons (Fsp3) is 0.0833. The van der Waals surface area contributed by atoms with E-state index in [1.165, 1.54) is 12.3 Å². The first-order valence-corrected chi connectivity index (χ1v) is 6.27. The molecule has 108 valence electrons. The average molecular weight is 356 g/mol. The van der Waals surface area contributed by atoms with E-state index >= 15 is 0 Å². The molecule has 9 heteroatoms. The minimum absolute atomic E-state index is 0.0500. The van der Waals surface area contributed by atoms with Crippen molar-refractivity contribution in [2.75, 3.05) is 7.11 Å². The lowest BCUT2D eigenvalue weighted by Crippen LogP contribution is -2.07. The Bertz CT molecular complexity index is 738. The number of hydrogen-bond donors (Lipinski definition) is 0. The molecule has 0 aliphatic carbocycles. The molecule has 0 saturated heterocycles. The van der Waals surface area contributed by atoms with Gasteiger partial charge in [-0.1, -0.05) is 0 Å². The van der Waals surface area contributed by atoms with E-state index in [0.717, 1.165) is 19.4 Å². The number of rotatable bonds is 3. The summed E-state index contributed by atoms with van der Waals surface area (Å²) in [6.07, 6.45) is 2.47. The Hall–Kier alpha value is -2.42. The number of hydrogen-bond acceptors (Lipinski definition) is 6. The molecule has 2 heterocycles. The molecule has 21 heavy (non-hydrogen) atoms. The van der Waals surface area contributed by atoms with Gasteiger partial charge in [0.05, 0.1) is 12.0 Å². The summed E-state index contributed by atoms with van der Waals surface area (Å²) in [6.45, 7) is 0. The van der Waals surface area contributed by atoms with Crippen molar-refractivity contribution >= 4 is 27.6 Å². The molecule has 0 bridgehead atoms. The summed E-state index contributed by atoms with van der Waals surface area (Å²) in [7, 11) is 1.10. The molecule has 2 aromatic rings. The molecule has 0 atom stereocenters. The van der Waals surface area contributed by atoms with Crippen molar-refractivity contribution < 1.29 is 18.8 Å². The van der Waals surface area contributed by atoms with E-state index in [-0.39, 0.29) is 16.9 Å². The summed E-state index contributed by atoms with van der Waals surface area (Å²) < 4.78 is 18.6. The van der Waals surface area contributed by atoms with Gasteiger partial charge in [0.1, 0.15) is 5.69 Å². The van der Waals surface area contributed by atoms with Gasteiger partial charge < -0.3 is 4.74 Å². The standard InChI is InChI=1S/C12H7BrFN3O4/c1-21-12(18)11-8(14)2-6(4-15-11)10-9(17(19)20)3-7(13)5-16-10/h2-5H,1H3. The molecule has 0 aliphatic heterocycles. The summed E-state index contributed by atoms with van der Waals surface area (Å²) in [5.74, 6) is -1.88. The third-order valence-corrected chi connectivity index (χ3v) is 2.96. The molecule has 7 nitrogen and oxygen atoms in total. The third kappa shape index (κ3) is 3.02. The van der Waals surface area contributed by atoms with Crippen LogP contribution in [0, 0.1) is 15.9 Å². The van der Waals surface area contributed by atoms with Gasteiger partial charge in [0.15, 0.2) is 11.5 Å². The highest BCUT2D eigenvalue weighted by Gasteiger charge is 2.21. The van der Waals surface area contributed by atoms with Crippen LogP contribution in [0.2, 0.25) is 0 Å². The Morgan fingerprint density at radius 2 is 2.10 bits per heavy atom. The maximum absolute atomic E-state index is 13.8. The van der Waals surface area contributed by atoms with Crippen LogP contribution >= 0.6 is 15.9 Å². The van der Waals surface area contributed by atoms with Crippen molar-refractivity contribution in [2.24, 2.45) is 0 Å². The first kappa shape index (κ1) is 15.0. The predicted molar refractivity (Wildman–Crippen MR) is 73.1 cm³/mol. The van der Waals surface area contributed by atoms with Gasteiger partial charge in [0, 0.05) is 28.5 Å². The van der Waals surface area contributed by atoms with E-state index in [1.807, 2.05) is 0 Å². The first-order chi connectivity index (χ1) is 9.93. The first-order valence-electron chi connectivity index (χ1n) is 5.48. The molecule has 0 unspecified atom stereocenters. The van der Waals surface area contributed by atoms with Gasteiger partial charge in [-0.05, 0) is 22.0 Å². The van der Waals surface area contributed by atoms with Gasteiger partial charge in [0.2, 0.25) is 0 Å². The minimum Gasteiger partial charge on any atom is -0.464 e. The lowest BCUT2D eigenvalue weighted by Gasteiger charge is -2.05. The van der Waals surface area contributed by atoms with Crippen LogP contribution in [0.1, 0.15) is 10.5 Å². The Morgan fingerprint density at radius 1 is 1.38 bits per heavy atom. The Morgan fingerprint density at radius 3 is 2.67 bits per heavy atom. The molecule has 0 aromatic carbocycles. The topological polar surface area (TPSA) is 95.2 Å². The van der Waals surface area contributed by atoms with Gasteiger partial charge in [-0.2, -0.15) is 0 Å². The van der Waals surface area contributed by atoms with Gasteiger partial charge in [0.25, 0.3) is 5.69 Å². The SMILES string of the molecule is COC(=O)c1ncc(-c2ncc(Br)cc2[N+](=O)[O-])cc1F. The van der Waals surface area contributed by atoms with Crippen LogP contribution in [-0.2, 0) is 4.74 Å². The maximum atomic E-state index is 13.8. The van der Waals surface area contributed by atoms with Crippen LogP contribution in [0.4, 0.5) is 10.1 Å². The monoisotopic (exact) mass is 355 g/mol. The number of halogens is 2. The molecular weight excluding hydrogens is 349 g/mol. The number of nitrogens with zero attached hydrogens (tertiary/aromatic N) is 3. The average Bonchev–Trinajstić information content (AvgIpc) is 2.46. The van der Waals surface area contributed by atoms with E-state index in [4.69, 9.17) is 0 Å².